The molecule has 0 bridgehead atoms. The minimum absolute atomic E-state index is 0.132. The Morgan fingerprint density at radius 1 is 1.32 bits per heavy atom. The van der Waals surface area contributed by atoms with Crippen molar-refractivity contribution in [1.29, 1.82) is 0 Å². The molecule has 3 N–H and O–H groups in total. The van der Waals surface area contributed by atoms with Crippen molar-refractivity contribution in [2.24, 2.45) is 5.84 Å². The Morgan fingerprint density at radius 2 is 2.05 bits per heavy atom. The van der Waals surface area contributed by atoms with E-state index in [2.05, 4.69) is 26.3 Å². The molecule has 0 aliphatic rings. The van der Waals surface area contributed by atoms with E-state index in [1.54, 1.807) is 24.3 Å². The van der Waals surface area contributed by atoms with Crippen LogP contribution >= 0.6 is 15.9 Å². The highest BCUT2D eigenvalue weighted by molar-refractivity contribution is 9.10. The summed E-state index contributed by atoms with van der Waals surface area (Å²) in [5.41, 5.74) is 2.07. The molecule has 8 heteroatoms. The van der Waals surface area contributed by atoms with E-state index in [1.807, 2.05) is 0 Å². The molecular formula is C11H9BrN4O3. The molecule has 2 rings (SSSR count). The smallest absolute Gasteiger partial charge is 0.331 e. The zero-order chi connectivity index (χ0) is 13.8. The molecule has 0 atom stereocenters. The molecule has 0 spiro atoms. The summed E-state index contributed by atoms with van der Waals surface area (Å²) < 4.78 is 6.11. The number of anilines is 1. The van der Waals surface area contributed by atoms with Gasteiger partial charge in [0.2, 0.25) is 0 Å². The second-order valence-corrected chi connectivity index (χ2v) is 4.31. The first-order valence-electron chi connectivity index (χ1n) is 5.16. The lowest BCUT2D eigenvalue weighted by molar-refractivity contribution is -0.386. The molecule has 7 nitrogen and oxygen atoms in total. The van der Waals surface area contributed by atoms with Crippen LogP contribution in [-0.4, -0.2) is 9.91 Å². The van der Waals surface area contributed by atoms with E-state index >= 15 is 0 Å². The van der Waals surface area contributed by atoms with Gasteiger partial charge in [-0.1, -0.05) is 12.1 Å². The van der Waals surface area contributed by atoms with Gasteiger partial charge in [-0.05, 0) is 34.1 Å². The normalized spacial score (nSPS) is 10.0. The van der Waals surface area contributed by atoms with Crippen LogP contribution < -0.4 is 16.0 Å². The number of aromatic nitrogens is 1. The topological polar surface area (TPSA) is 103 Å². The first kappa shape index (κ1) is 13.2. The second kappa shape index (κ2) is 5.63. The van der Waals surface area contributed by atoms with Crippen molar-refractivity contribution in [3.63, 3.8) is 0 Å². The Labute approximate surface area is 116 Å². The summed E-state index contributed by atoms with van der Waals surface area (Å²) in [6, 6.07) is 9.64. The SMILES string of the molecule is NNc1ccc([N+](=O)[O-])c(Oc2ccccc2Br)n1. The second-order valence-electron chi connectivity index (χ2n) is 3.45. The lowest BCUT2D eigenvalue weighted by atomic mass is 10.3. The molecule has 0 aliphatic carbocycles. The lowest BCUT2D eigenvalue weighted by Gasteiger charge is -2.08. The number of nitrogens with zero attached hydrogens (tertiary/aromatic N) is 2. The number of nitro groups is 1. The van der Waals surface area contributed by atoms with E-state index in [0.29, 0.717) is 10.2 Å². The van der Waals surface area contributed by atoms with Gasteiger partial charge < -0.3 is 10.2 Å². The van der Waals surface area contributed by atoms with Crippen LogP contribution in [0.2, 0.25) is 0 Å². The zero-order valence-electron chi connectivity index (χ0n) is 9.54. The number of benzene rings is 1. The average molecular weight is 325 g/mol. The largest absolute Gasteiger partial charge is 0.432 e. The molecule has 98 valence electrons. The van der Waals surface area contributed by atoms with Crippen molar-refractivity contribution in [3.05, 3.63) is 51.0 Å². The predicted molar refractivity (Wildman–Crippen MR) is 72.9 cm³/mol. The maximum absolute atomic E-state index is 10.9. The van der Waals surface area contributed by atoms with Gasteiger partial charge in [-0.2, -0.15) is 4.98 Å². The number of para-hydroxylation sites is 1. The van der Waals surface area contributed by atoms with Crippen molar-refractivity contribution >= 4 is 27.4 Å². The van der Waals surface area contributed by atoms with Gasteiger partial charge in [0, 0.05) is 6.07 Å². The van der Waals surface area contributed by atoms with Crippen LogP contribution in [0.1, 0.15) is 0 Å². The monoisotopic (exact) mass is 324 g/mol. The average Bonchev–Trinajstić information content (AvgIpc) is 2.41. The van der Waals surface area contributed by atoms with Crippen molar-refractivity contribution in [1.82, 2.24) is 4.98 Å². The van der Waals surface area contributed by atoms with Crippen LogP contribution in [0.4, 0.5) is 11.5 Å². The summed E-state index contributed by atoms with van der Waals surface area (Å²) in [6.45, 7) is 0. The van der Waals surface area contributed by atoms with Crippen LogP contribution in [-0.2, 0) is 0 Å². The Morgan fingerprint density at radius 3 is 2.68 bits per heavy atom. The van der Waals surface area contributed by atoms with Gasteiger partial charge in [-0.25, -0.2) is 5.84 Å². The number of rotatable bonds is 4. The standard InChI is InChI=1S/C11H9BrN4O3/c12-7-3-1-2-4-9(7)19-11-8(16(17)18)5-6-10(14-11)15-13/h1-6H,13H2,(H,14,15). The van der Waals surface area contributed by atoms with Crippen LogP contribution in [0.5, 0.6) is 11.6 Å². The molecule has 1 aromatic carbocycles. The number of hydrogen-bond donors (Lipinski definition) is 2. The Hall–Kier alpha value is -2.19. The molecule has 0 fully saturated rings. The Kier molecular flexibility index (Phi) is 3.93. The molecule has 0 amide bonds. The highest BCUT2D eigenvalue weighted by Crippen LogP contribution is 2.33. The molecule has 1 aromatic heterocycles. The number of pyridine rings is 1. The number of nitrogens with two attached hydrogens (primary N) is 1. The molecule has 1 heterocycles. The van der Waals surface area contributed by atoms with E-state index in [4.69, 9.17) is 10.6 Å². The summed E-state index contributed by atoms with van der Waals surface area (Å²) in [7, 11) is 0. The maximum atomic E-state index is 10.9. The van der Waals surface area contributed by atoms with Crippen LogP contribution in [0, 0.1) is 10.1 Å². The summed E-state index contributed by atoms with van der Waals surface area (Å²) in [5.74, 6) is 5.78. The number of nitrogens with one attached hydrogen (secondary N) is 1. The van der Waals surface area contributed by atoms with Gasteiger partial charge >= 0.3 is 11.6 Å². The van der Waals surface area contributed by atoms with Crippen LogP contribution in [0.25, 0.3) is 0 Å². The first-order valence-corrected chi connectivity index (χ1v) is 5.95. The number of hydrazine groups is 1. The zero-order valence-corrected chi connectivity index (χ0v) is 11.1. The van der Waals surface area contributed by atoms with Gasteiger partial charge in [0.15, 0.2) is 0 Å². The fraction of sp³-hybridized carbons (Fsp3) is 0. The summed E-state index contributed by atoms with van der Waals surface area (Å²) >= 11 is 3.29. The first-order chi connectivity index (χ1) is 9.11. The van der Waals surface area contributed by atoms with Gasteiger partial charge in [0.1, 0.15) is 11.6 Å². The molecule has 0 aliphatic heterocycles. The fourth-order valence-corrected chi connectivity index (χ4v) is 1.72. The minimum atomic E-state index is -0.570. The number of ether oxygens (including phenoxy) is 1. The molecule has 0 unspecified atom stereocenters. The highest BCUT2D eigenvalue weighted by Gasteiger charge is 2.19. The minimum Gasteiger partial charge on any atom is -0.432 e. The third-order valence-electron chi connectivity index (χ3n) is 2.23. The Balaban J connectivity index is 2.43. The Bertz CT molecular complexity index is 621. The van der Waals surface area contributed by atoms with E-state index in [9.17, 15) is 10.1 Å². The molecule has 2 aromatic rings. The number of nitrogen functional groups attached to an aromatic ring is 1. The quantitative estimate of drug-likeness (QED) is 0.509. The van der Waals surface area contributed by atoms with E-state index < -0.39 is 4.92 Å². The van der Waals surface area contributed by atoms with Gasteiger partial charge in [-0.3, -0.25) is 10.1 Å². The van der Waals surface area contributed by atoms with Gasteiger partial charge in [0.25, 0.3) is 0 Å². The third-order valence-corrected chi connectivity index (χ3v) is 2.88. The lowest BCUT2D eigenvalue weighted by Crippen LogP contribution is -2.09. The van der Waals surface area contributed by atoms with Crippen molar-refractivity contribution in [2.75, 3.05) is 5.43 Å². The summed E-state index contributed by atoms with van der Waals surface area (Å²) in [6.07, 6.45) is 0. The van der Waals surface area contributed by atoms with Crippen LogP contribution in [0.3, 0.4) is 0 Å². The third kappa shape index (κ3) is 2.98. The molecular weight excluding hydrogens is 316 g/mol. The van der Waals surface area contributed by atoms with Crippen molar-refractivity contribution in [2.45, 2.75) is 0 Å². The highest BCUT2D eigenvalue weighted by atomic mass is 79.9. The van der Waals surface area contributed by atoms with Gasteiger partial charge in [0.05, 0.1) is 9.40 Å². The van der Waals surface area contributed by atoms with E-state index in [1.165, 1.54) is 12.1 Å². The molecule has 0 saturated carbocycles. The van der Waals surface area contributed by atoms with E-state index in [-0.39, 0.29) is 17.4 Å². The molecule has 19 heavy (non-hydrogen) atoms. The van der Waals surface area contributed by atoms with Crippen molar-refractivity contribution < 1.29 is 9.66 Å². The molecule has 0 saturated heterocycles. The summed E-state index contributed by atoms with van der Waals surface area (Å²) in [5, 5.41) is 10.9. The number of halogens is 1. The van der Waals surface area contributed by atoms with Crippen LogP contribution in [0.15, 0.2) is 40.9 Å². The molecule has 0 radical (unpaired) electrons. The van der Waals surface area contributed by atoms with E-state index in [0.717, 1.165) is 0 Å². The van der Waals surface area contributed by atoms with Crippen molar-refractivity contribution in [3.8, 4) is 11.6 Å². The number of hydrogen-bond acceptors (Lipinski definition) is 6. The van der Waals surface area contributed by atoms with Gasteiger partial charge in [-0.15, -0.1) is 0 Å². The summed E-state index contributed by atoms with van der Waals surface area (Å²) in [4.78, 5) is 14.3. The predicted octanol–water partition coefficient (Wildman–Crippen LogP) is 2.83. The maximum Gasteiger partial charge on any atom is 0.331 e. The fourth-order valence-electron chi connectivity index (χ4n) is 1.36.